The molecule has 1 fully saturated rings. The number of aryl methyl sites for hydroxylation is 1. The average molecular weight is 539 g/mol. The third kappa shape index (κ3) is 8.86. The van der Waals surface area contributed by atoms with Gasteiger partial charge in [0.2, 0.25) is 0 Å². The second kappa shape index (κ2) is 13.7. The number of aliphatic imine (C=N–C) groups is 1. The zero-order valence-corrected chi connectivity index (χ0v) is 20.5. The van der Waals surface area contributed by atoms with Gasteiger partial charge in [0.1, 0.15) is 5.75 Å². The SMILES string of the molecule is CCOC(=O)N1CCC(NC(=NC)NCCCOc2ccc(Cl)cc2C)CC1.I. The summed E-state index contributed by atoms with van der Waals surface area (Å²) >= 11 is 5.96. The van der Waals surface area contributed by atoms with Crippen LogP contribution >= 0.6 is 35.6 Å². The van der Waals surface area contributed by atoms with Gasteiger partial charge in [-0.1, -0.05) is 11.6 Å². The van der Waals surface area contributed by atoms with E-state index in [1.807, 2.05) is 32.0 Å². The number of hydrogen-bond donors (Lipinski definition) is 2. The Morgan fingerprint density at radius 1 is 1.34 bits per heavy atom. The van der Waals surface area contributed by atoms with Gasteiger partial charge in [0.05, 0.1) is 13.2 Å². The van der Waals surface area contributed by atoms with Gasteiger partial charge in [-0.2, -0.15) is 0 Å². The van der Waals surface area contributed by atoms with E-state index in [0.717, 1.165) is 48.1 Å². The fourth-order valence-electron chi connectivity index (χ4n) is 3.04. The number of benzene rings is 1. The minimum absolute atomic E-state index is 0. The van der Waals surface area contributed by atoms with E-state index < -0.39 is 0 Å². The number of ether oxygens (including phenoxy) is 2. The lowest BCUT2D eigenvalue weighted by molar-refractivity contribution is 0.0963. The Labute approximate surface area is 195 Å². The fourth-order valence-corrected chi connectivity index (χ4v) is 3.27. The topological polar surface area (TPSA) is 75.2 Å². The second-order valence-electron chi connectivity index (χ2n) is 6.72. The predicted molar refractivity (Wildman–Crippen MR) is 128 cm³/mol. The number of carbonyl (C=O) groups excluding carboxylic acids is 1. The zero-order valence-electron chi connectivity index (χ0n) is 17.4. The molecule has 1 heterocycles. The third-order valence-electron chi connectivity index (χ3n) is 4.59. The van der Waals surface area contributed by atoms with Gasteiger partial charge in [0.15, 0.2) is 5.96 Å². The Bertz CT molecular complexity index is 667. The molecule has 9 heteroatoms. The van der Waals surface area contributed by atoms with Gasteiger partial charge in [-0.05, 0) is 56.9 Å². The van der Waals surface area contributed by atoms with Crippen LogP contribution in [0.2, 0.25) is 5.02 Å². The normalized spacial score (nSPS) is 14.8. The van der Waals surface area contributed by atoms with Crippen molar-refractivity contribution in [2.24, 2.45) is 4.99 Å². The summed E-state index contributed by atoms with van der Waals surface area (Å²) in [5.41, 5.74) is 1.03. The lowest BCUT2D eigenvalue weighted by Gasteiger charge is -2.32. The number of piperidine rings is 1. The first-order chi connectivity index (χ1) is 13.5. The van der Waals surface area contributed by atoms with Crippen molar-refractivity contribution in [3.63, 3.8) is 0 Å². The summed E-state index contributed by atoms with van der Waals surface area (Å²) in [6, 6.07) is 5.92. The van der Waals surface area contributed by atoms with Crippen molar-refractivity contribution in [1.82, 2.24) is 15.5 Å². The minimum Gasteiger partial charge on any atom is -0.493 e. The summed E-state index contributed by atoms with van der Waals surface area (Å²) in [6.07, 6.45) is 2.38. The number of amides is 1. The van der Waals surface area contributed by atoms with Gasteiger partial charge in [0, 0.05) is 37.7 Å². The van der Waals surface area contributed by atoms with Gasteiger partial charge < -0.3 is 25.0 Å². The van der Waals surface area contributed by atoms with Crippen molar-refractivity contribution < 1.29 is 14.3 Å². The number of nitrogens with zero attached hydrogens (tertiary/aromatic N) is 2. The van der Waals surface area contributed by atoms with Crippen LogP contribution in [0.4, 0.5) is 4.79 Å². The molecule has 0 aromatic heterocycles. The van der Waals surface area contributed by atoms with E-state index in [4.69, 9.17) is 21.1 Å². The second-order valence-corrected chi connectivity index (χ2v) is 7.15. The average Bonchev–Trinajstić information content (AvgIpc) is 2.69. The first-order valence-electron chi connectivity index (χ1n) is 9.81. The fraction of sp³-hybridized carbons (Fsp3) is 0.600. The number of halogens is 2. The lowest BCUT2D eigenvalue weighted by Crippen LogP contribution is -2.50. The third-order valence-corrected chi connectivity index (χ3v) is 4.83. The van der Waals surface area contributed by atoms with Crippen LogP contribution in [0.3, 0.4) is 0 Å². The summed E-state index contributed by atoms with van der Waals surface area (Å²) < 4.78 is 10.9. The number of likely N-dealkylation sites (tertiary alicyclic amines) is 1. The summed E-state index contributed by atoms with van der Waals surface area (Å²) in [5.74, 6) is 1.64. The van der Waals surface area contributed by atoms with E-state index in [0.29, 0.717) is 32.3 Å². The molecule has 1 aliphatic heterocycles. The van der Waals surface area contributed by atoms with Gasteiger partial charge in [-0.3, -0.25) is 4.99 Å². The Morgan fingerprint density at radius 2 is 2.07 bits per heavy atom. The highest BCUT2D eigenvalue weighted by Crippen LogP contribution is 2.21. The molecule has 0 aliphatic carbocycles. The number of carbonyl (C=O) groups is 1. The van der Waals surface area contributed by atoms with Gasteiger partial charge >= 0.3 is 6.09 Å². The molecule has 29 heavy (non-hydrogen) atoms. The Kier molecular flexibility index (Phi) is 12.1. The maximum Gasteiger partial charge on any atom is 0.409 e. The Balaban J connectivity index is 0.00000420. The minimum atomic E-state index is -0.223. The van der Waals surface area contributed by atoms with E-state index in [1.54, 1.807) is 11.9 Å². The highest BCUT2D eigenvalue weighted by molar-refractivity contribution is 14.0. The van der Waals surface area contributed by atoms with Crippen LogP contribution < -0.4 is 15.4 Å². The standard InChI is InChI=1S/C20H31ClN4O3.HI/c1-4-27-20(26)25-11-8-17(9-12-25)24-19(22-3)23-10-5-13-28-18-7-6-16(21)14-15(18)2;/h6-7,14,17H,4-5,8-13H2,1-3H3,(H2,22,23,24);1H. The molecular weight excluding hydrogens is 507 g/mol. The van der Waals surface area contributed by atoms with Crippen LogP contribution in [-0.2, 0) is 4.74 Å². The van der Waals surface area contributed by atoms with E-state index >= 15 is 0 Å². The maximum absolute atomic E-state index is 11.8. The Morgan fingerprint density at radius 3 is 2.69 bits per heavy atom. The molecule has 1 aliphatic rings. The van der Waals surface area contributed by atoms with E-state index in [-0.39, 0.29) is 30.1 Å². The van der Waals surface area contributed by atoms with E-state index in [9.17, 15) is 4.79 Å². The molecule has 2 N–H and O–H groups in total. The molecule has 0 spiro atoms. The quantitative estimate of drug-likeness (QED) is 0.239. The summed E-state index contributed by atoms with van der Waals surface area (Å²) in [4.78, 5) is 17.8. The van der Waals surface area contributed by atoms with Crippen molar-refractivity contribution in [2.45, 2.75) is 39.2 Å². The molecule has 2 rings (SSSR count). The maximum atomic E-state index is 11.8. The summed E-state index contributed by atoms with van der Waals surface area (Å²) in [6.45, 7) is 6.98. The van der Waals surface area contributed by atoms with Gasteiger partial charge in [0.25, 0.3) is 0 Å². The van der Waals surface area contributed by atoms with Crippen LogP contribution in [0.15, 0.2) is 23.2 Å². The smallest absolute Gasteiger partial charge is 0.409 e. The van der Waals surface area contributed by atoms with Crippen LogP contribution in [0.25, 0.3) is 0 Å². The number of rotatable bonds is 7. The molecule has 1 aromatic carbocycles. The highest BCUT2D eigenvalue weighted by atomic mass is 127. The molecule has 0 atom stereocenters. The predicted octanol–water partition coefficient (Wildman–Crippen LogP) is 3.82. The number of guanidine groups is 1. The molecule has 1 saturated heterocycles. The highest BCUT2D eigenvalue weighted by Gasteiger charge is 2.23. The van der Waals surface area contributed by atoms with Crippen LogP contribution in [0.5, 0.6) is 5.75 Å². The monoisotopic (exact) mass is 538 g/mol. The molecule has 164 valence electrons. The number of hydrogen-bond acceptors (Lipinski definition) is 4. The van der Waals surface area contributed by atoms with Crippen molar-refractivity contribution in [1.29, 1.82) is 0 Å². The molecule has 7 nitrogen and oxygen atoms in total. The molecular formula is C20H32ClIN4O3. The van der Waals surface area contributed by atoms with E-state index in [2.05, 4.69) is 15.6 Å². The lowest BCUT2D eigenvalue weighted by atomic mass is 10.1. The first-order valence-corrected chi connectivity index (χ1v) is 10.2. The van der Waals surface area contributed by atoms with Crippen LogP contribution in [-0.4, -0.2) is 62.9 Å². The summed E-state index contributed by atoms with van der Waals surface area (Å²) in [5, 5.41) is 7.46. The molecule has 0 saturated carbocycles. The Hall–Kier alpha value is -1.42. The largest absolute Gasteiger partial charge is 0.493 e. The molecule has 0 bridgehead atoms. The molecule has 1 amide bonds. The van der Waals surface area contributed by atoms with Gasteiger partial charge in [-0.15, -0.1) is 24.0 Å². The zero-order chi connectivity index (χ0) is 20.4. The van der Waals surface area contributed by atoms with Crippen molar-refractivity contribution in [2.75, 3.05) is 39.9 Å². The van der Waals surface area contributed by atoms with Crippen molar-refractivity contribution >= 4 is 47.6 Å². The first kappa shape index (κ1) is 25.6. The molecule has 0 radical (unpaired) electrons. The van der Waals surface area contributed by atoms with E-state index in [1.165, 1.54) is 0 Å². The van der Waals surface area contributed by atoms with Crippen LogP contribution in [0.1, 0.15) is 31.7 Å². The number of nitrogens with one attached hydrogen (secondary N) is 2. The van der Waals surface area contributed by atoms with Gasteiger partial charge in [-0.25, -0.2) is 4.79 Å². The van der Waals surface area contributed by atoms with Crippen LogP contribution in [0, 0.1) is 6.92 Å². The summed E-state index contributed by atoms with van der Waals surface area (Å²) in [7, 11) is 1.76. The van der Waals surface area contributed by atoms with Crippen molar-refractivity contribution in [3.05, 3.63) is 28.8 Å². The van der Waals surface area contributed by atoms with Crippen molar-refractivity contribution in [3.8, 4) is 5.75 Å². The molecule has 1 aromatic rings. The molecule has 0 unspecified atom stereocenters.